The lowest BCUT2D eigenvalue weighted by molar-refractivity contribution is -0.156. The predicted molar refractivity (Wildman–Crippen MR) is 78.0 cm³/mol. The average molecular weight is 297 g/mol. The molecule has 6 nitrogen and oxygen atoms in total. The molecule has 1 unspecified atom stereocenters. The van der Waals surface area contributed by atoms with Crippen LogP contribution in [0.1, 0.15) is 47.0 Å². The summed E-state index contributed by atoms with van der Waals surface area (Å²) in [7, 11) is 0. The second kappa shape index (κ2) is 7.24. The van der Waals surface area contributed by atoms with Gasteiger partial charge >= 0.3 is 5.97 Å². The molecule has 0 saturated heterocycles. The highest BCUT2D eigenvalue weighted by Crippen LogP contribution is 2.42. The number of aliphatic hydroxyl groups excluding tert-OH is 1. The summed E-state index contributed by atoms with van der Waals surface area (Å²) in [5.74, 6) is -0.985. The van der Waals surface area contributed by atoms with Gasteiger partial charge in [-0.3, -0.25) is 9.59 Å². The Hall–Kier alpha value is -1.85. The van der Waals surface area contributed by atoms with Gasteiger partial charge in [-0.25, -0.2) is 0 Å². The van der Waals surface area contributed by atoms with E-state index in [9.17, 15) is 14.7 Å². The fourth-order valence-electron chi connectivity index (χ4n) is 2.48. The molecule has 0 aromatic carbocycles. The number of aliphatic hydroxyl groups is 1. The summed E-state index contributed by atoms with van der Waals surface area (Å²) in [6.45, 7) is 7.42. The van der Waals surface area contributed by atoms with E-state index in [1.165, 1.54) is 0 Å². The third-order valence-electron chi connectivity index (χ3n) is 3.71. The normalized spacial score (nSPS) is 23.2. The number of ketones is 1. The molecule has 0 aliphatic heterocycles. The maximum atomic E-state index is 12.3. The van der Waals surface area contributed by atoms with Crippen LogP contribution in [0.15, 0.2) is 16.5 Å². The number of Topliss-reactive ketones (excluding diaryl/α,β-unsaturated/α-hetero) is 1. The molecule has 118 valence electrons. The highest BCUT2D eigenvalue weighted by molar-refractivity contribution is 6.22. The number of allylic oxidation sites excluding steroid dienone is 1. The molecular formula is C15H23NO5. The van der Waals surface area contributed by atoms with E-state index in [0.29, 0.717) is 13.0 Å². The number of nitrogens with zero attached hydrogens (tertiary/aromatic N) is 1. The van der Waals surface area contributed by atoms with Crippen molar-refractivity contribution in [3.05, 3.63) is 11.3 Å². The first-order valence-electron chi connectivity index (χ1n) is 7.25. The second-order valence-electron chi connectivity index (χ2n) is 4.90. The van der Waals surface area contributed by atoms with Crippen molar-refractivity contribution in [2.45, 2.75) is 47.0 Å². The highest BCUT2D eigenvalue weighted by Gasteiger charge is 2.48. The van der Waals surface area contributed by atoms with Crippen LogP contribution < -0.4 is 0 Å². The Kier molecular flexibility index (Phi) is 5.93. The van der Waals surface area contributed by atoms with Gasteiger partial charge in [0.05, 0.1) is 17.9 Å². The molecular weight excluding hydrogens is 274 g/mol. The Labute approximate surface area is 124 Å². The molecule has 0 aromatic rings. The van der Waals surface area contributed by atoms with E-state index in [2.05, 4.69) is 5.16 Å². The van der Waals surface area contributed by atoms with Crippen LogP contribution in [-0.4, -0.2) is 35.8 Å². The van der Waals surface area contributed by atoms with Gasteiger partial charge in [0.25, 0.3) is 0 Å². The molecule has 1 aliphatic rings. The monoisotopic (exact) mass is 297 g/mol. The molecule has 1 aliphatic carbocycles. The minimum absolute atomic E-state index is 0.0737. The van der Waals surface area contributed by atoms with Crippen molar-refractivity contribution in [3.8, 4) is 0 Å². The van der Waals surface area contributed by atoms with Crippen molar-refractivity contribution in [1.82, 2.24) is 0 Å². The predicted octanol–water partition coefficient (Wildman–Crippen LogP) is 2.53. The number of esters is 1. The number of carbonyl (C=O) groups is 2. The molecule has 0 spiro atoms. The summed E-state index contributed by atoms with van der Waals surface area (Å²) in [5, 5.41) is 14.3. The summed E-state index contributed by atoms with van der Waals surface area (Å²) >= 11 is 0. The van der Waals surface area contributed by atoms with E-state index in [1.807, 2.05) is 0 Å². The Morgan fingerprint density at radius 3 is 2.52 bits per heavy atom. The fourth-order valence-corrected chi connectivity index (χ4v) is 2.48. The lowest BCUT2D eigenvalue weighted by Gasteiger charge is -2.34. The smallest absolute Gasteiger partial charge is 0.319 e. The van der Waals surface area contributed by atoms with Gasteiger partial charge in [0, 0.05) is 6.42 Å². The molecule has 21 heavy (non-hydrogen) atoms. The number of hydrogen-bond donors (Lipinski definition) is 1. The zero-order chi connectivity index (χ0) is 16.0. The molecule has 0 heterocycles. The van der Waals surface area contributed by atoms with E-state index in [-0.39, 0.29) is 42.3 Å². The molecule has 0 aromatic heterocycles. The van der Waals surface area contributed by atoms with Gasteiger partial charge in [-0.15, -0.1) is 0 Å². The summed E-state index contributed by atoms with van der Waals surface area (Å²) in [5.41, 5.74) is -0.812. The Bertz CT molecular complexity index is 480. The minimum Gasteiger partial charge on any atom is -0.510 e. The maximum absolute atomic E-state index is 12.3. The van der Waals surface area contributed by atoms with Crippen molar-refractivity contribution in [2.24, 2.45) is 10.6 Å². The molecule has 0 amide bonds. The highest BCUT2D eigenvalue weighted by atomic mass is 16.6. The number of carbonyl (C=O) groups excluding carboxylic acids is 2. The lowest BCUT2D eigenvalue weighted by Crippen LogP contribution is -2.40. The fraction of sp³-hybridized carbons (Fsp3) is 0.667. The average Bonchev–Trinajstić information content (AvgIpc) is 2.46. The zero-order valence-electron chi connectivity index (χ0n) is 13.1. The summed E-state index contributed by atoms with van der Waals surface area (Å²) < 4.78 is 5.07. The molecule has 1 atom stereocenters. The summed E-state index contributed by atoms with van der Waals surface area (Å²) in [4.78, 5) is 29.3. The summed E-state index contributed by atoms with van der Waals surface area (Å²) in [6, 6.07) is 0. The third kappa shape index (κ3) is 3.25. The van der Waals surface area contributed by atoms with Gasteiger partial charge < -0.3 is 14.7 Å². The van der Waals surface area contributed by atoms with Crippen LogP contribution in [0, 0.1) is 5.41 Å². The molecule has 1 N–H and O–H groups in total. The molecule has 0 radical (unpaired) electrons. The van der Waals surface area contributed by atoms with Gasteiger partial charge in [-0.1, -0.05) is 12.1 Å². The molecule has 0 bridgehead atoms. The maximum Gasteiger partial charge on any atom is 0.319 e. The first kappa shape index (κ1) is 17.2. The van der Waals surface area contributed by atoms with E-state index in [0.717, 1.165) is 0 Å². The van der Waals surface area contributed by atoms with Crippen molar-refractivity contribution in [2.75, 3.05) is 13.2 Å². The number of oxime groups is 1. The molecule has 1 rings (SSSR count). The van der Waals surface area contributed by atoms with E-state index in [4.69, 9.17) is 9.57 Å². The lowest BCUT2D eigenvalue weighted by atomic mass is 9.71. The van der Waals surface area contributed by atoms with Crippen LogP contribution in [0.4, 0.5) is 0 Å². The van der Waals surface area contributed by atoms with Gasteiger partial charge in [-0.2, -0.15) is 0 Å². The second-order valence-corrected chi connectivity index (χ2v) is 4.90. The van der Waals surface area contributed by atoms with Crippen molar-refractivity contribution in [1.29, 1.82) is 0 Å². The number of hydrogen-bond acceptors (Lipinski definition) is 6. The van der Waals surface area contributed by atoms with Crippen LogP contribution in [0.5, 0.6) is 0 Å². The molecule has 0 fully saturated rings. The number of ether oxygens (including phenoxy) is 1. The Balaban J connectivity index is 3.33. The largest absolute Gasteiger partial charge is 0.510 e. The van der Waals surface area contributed by atoms with Crippen LogP contribution in [0.2, 0.25) is 0 Å². The van der Waals surface area contributed by atoms with E-state index in [1.54, 1.807) is 27.7 Å². The van der Waals surface area contributed by atoms with E-state index < -0.39 is 11.4 Å². The van der Waals surface area contributed by atoms with Crippen LogP contribution in [0.25, 0.3) is 0 Å². The van der Waals surface area contributed by atoms with E-state index >= 15 is 0 Å². The van der Waals surface area contributed by atoms with Crippen LogP contribution >= 0.6 is 0 Å². The van der Waals surface area contributed by atoms with Crippen LogP contribution in [0.3, 0.4) is 0 Å². The summed E-state index contributed by atoms with van der Waals surface area (Å²) in [6.07, 6.45) is 0.778. The molecule has 6 heteroatoms. The van der Waals surface area contributed by atoms with Gasteiger partial charge in [0.1, 0.15) is 17.8 Å². The van der Waals surface area contributed by atoms with Gasteiger partial charge in [0.15, 0.2) is 5.78 Å². The Morgan fingerprint density at radius 1 is 1.33 bits per heavy atom. The zero-order valence-corrected chi connectivity index (χ0v) is 13.1. The standard InChI is InChI=1S/C15H23NO5/c1-5-15(14(19)20-6-2)9-8-11(17)12(13(15)18)10(4)16-21-7-3/h18H,5-9H2,1-4H3. The van der Waals surface area contributed by atoms with Gasteiger partial charge in [0.2, 0.25) is 0 Å². The quantitative estimate of drug-likeness (QED) is 0.462. The Morgan fingerprint density at radius 2 is 2.00 bits per heavy atom. The topological polar surface area (TPSA) is 85.2 Å². The van der Waals surface area contributed by atoms with Crippen molar-refractivity contribution >= 4 is 17.5 Å². The third-order valence-corrected chi connectivity index (χ3v) is 3.71. The molecule has 0 saturated carbocycles. The first-order chi connectivity index (χ1) is 9.94. The first-order valence-corrected chi connectivity index (χ1v) is 7.25. The SMILES string of the molecule is CCON=C(C)C1=C(O)C(CC)(C(=O)OCC)CCC1=O. The van der Waals surface area contributed by atoms with Gasteiger partial charge in [-0.05, 0) is 33.6 Å². The van der Waals surface area contributed by atoms with Crippen molar-refractivity contribution in [3.63, 3.8) is 0 Å². The van der Waals surface area contributed by atoms with Crippen molar-refractivity contribution < 1.29 is 24.3 Å². The minimum atomic E-state index is -1.16. The van der Waals surface area contributed by atoms with Crippen LogP contribution in [-0.2, 0) is 19.2 Å². The number of rotatable bonds is 6.